The maximum absolute atomic E-state index is 11.7. The number of phenols is 1. The number of phenolic OH excluding ortho intramolecular Hbond substituents is 1. The monoisotopic (exact) mass is 302 g/mol. The molecular formula is C19H26O3. The zero-order chi connectivity index (χ0) is 16.1. The van der Waals surface area contributed by atoms with Gasteiger partial charge in [0.2, 0.25) is 0 Å². The molecule has 22 heavy (non-hydrogen) atoms. The Morgan fingerprint density at radius 3 is 2.68 bits per heavy atom. The predicted octanol–water partition coefficient (Wildman–Crippen LogP) is 3.60. The van der Waals surface area contributed by atoms with E-state index in [-0.39, 0.29) is 29.0 Å². The standard InChI is InChI=1S/C19H26O3/c1-12(21)13-5-7-15-14(17(13)22)6-8-16-18(2,11-20)9-4-10-19(15,16)3/h5,7,16,20,22H,4,6,8-11H2,1-3H3/t16?,18-,19-/m1/s1. The lowest BCUT2D eigenvalue weighted by atomic mass is 9.50. The summed E-state index contributed by atoms with van der Waals surface area (Å²) in [5.74, 6) is 0.520. The van der Waals surface area contributed by atoms with Crippen LogP contribution in [-0.4, -0.2) is 22.6 Å². The van der Waals surface area contributed by atoms with Crippen molar-refractivity contribution in [3.05, 3.63) is 28.8 Å². The minimum atomic E-state index is -0.0867. The summed E-state index contributed by atoms with van der Waals surface area (Å²) in [6, 6.07) is 3.82. The molecule has 0 aromatic heterocycles. The zero-order valence-electron chi connectivity index (χ0n) is 13.8. The van der Waals surface area contributed by atoms with Crippen LogP contribution in [0.4, 0.5) is 0 Å². The van der Waals surface area contributed by atoms with Crippen molar-refractivity contribution in [2.75, 3.05) is 6.61 Å². The molecule has 1 saturated carbocycles. The molecule has 0 bridgehead atoms. The van der Waals surface area contributed by atoms with Crippen LogP contribution in [0.25, 0.3) is 0 Å². The number of carbonyl (C=O) groups is 1. The van der Waals surface area contributed by atoms with Crippen molar-refractivity contribution >= 4 is 5.78 Å². The second kappa shape index (κ2) is 5.09. The summed E-state index contributed by atoms with van der Waals surface area (Å²) >= 11 is 0. The van der Waals surface area contributed by atoms with Gasteiger partial charge < -0.3 is 10.2 Å². The van der Waals surface area contributed by atoms with Gasteiger partial charge in [-0.1, -0.05) is 26.3 Å². The summed E-state index contributed by atoms with van der Waals surface area (Å²) in [4.78, 5) is 11.7. The van der Waals surface area contributed by atoms with Crippen molar-refractivity contribution in [2.24, 2.45) is 11.3 Å². The fourth-order valence-electron chi connectivity index (χ4n) is 5.15. The third-order valence-corrected chi connectivity index (χ3v) is 6.38. The van der Waals surface area contributed by atoms with Crippen molar-refractivity contribution in [1.29, 1.82) is 0 Å². The van der Waals surface area contributed by atoms with Gasteiger partial charge in [-0.15, -0.1) is 0 Å². The first kappa shape index (κ1) is 15.5. The Balaban J connectivity index is 2.14. The highest BCUT2D eigenvalue weighted by Crippen LogP contribution is 2.58. The van der Waals surface area contributed by atoms with E-state index < -0.39 is 0 Å². The summed E-state index contributed by atoms with van der Waals surface area (Å²) in [7, 11) is 0. The molecule has 0 aliphatic heterocycles. The Hall–Kier alpha value is -1.35. The molecule has 0 saturated heterocycles. The van der Waals surface area contributed by atoms with Gasteiger partial charge in [0.1, 0.15) is 5.75 Å². The van der Waals surface area contributed by atoms with Crippen LogP contribution in [0.3, 0.4) is 0 Å². The van der Waals surface area contributed by atoms with Gasteiger partial charge in [-0.25, -0.2) is 0 Å². The average molecular weight is 302 g/mol. The van der Waals surface area contributed by atoms with Crippen LogP contribution in [0.2, 0.25) is 0 Å². The highest BCUT2D eigenvalue weighted by molar-refractivity contribution is 5.97. The van der Waals surface area contributed by atoms with Gasteiger partial charge in [-0.2, -0.15) is 0 Å². The molecule has 3 atom stereocenters. The van der Waals surface area contributed by atoms with Gasteiger partial charge in [0, 0.05) is 6.61 Å². The van der Waals surface area contributed by atoms with Gasteiger partial charge in [0.05, 0.1) is 5.56 Å². The van der Waals surface area contributed by atoms with E-state index in [1.54, 1.807) is 6.07 Å². The van der Waals surface area contributed by atoms with Gasteiger partial charge in [0.15, 0.2) is 5.78 Å². The van der Waals surface area contributed by atoms with Crippen LogP contribution in [-0.2, 0) is 11.8 Å². The smallest absolute Gasteiger partial charge is 0.163 e. The van der Waals surface area contributed by atoms with Crippen LogP contribution in [0.1, 0.15) is 67.9 Å². The number of Topliss-reactive ketones (excluding diaryl/α,β-unsaturated/α-hetero) is 1. The second-order valence-electron chi connectivity index (χ2n) is 7.72. The molecule has 1 aromatic rings. The molecule has 2 aliphatic carbocycles. The van der Waals surface area contributed by atoms with Crippen LogP contribution in [0.15, 0.2) is 12.1 Å². The topological polar surface area (TPSA) is 57.5 Å². The number of aromatic hydroxyl groups is 1. The molecule has 2 aliphatic rings. The maximum atomic E-state index is 11.7. The van der Waals surface area contributed by atoms with E-state index in [1.807, 2.05) is 6.07 Å². The average Bonchev–Trinajstić information content (AvgIpc) is 2.47. The lowest BCUT2D eigenvalue weighted by molar-refractivity contribution is -0.0181. The van der Waals surface area contributed by atoms with Gasteiger partial charge in [-0.05, 0) is 66.5 Å². The Morgan fingerprint density at radius 2 is 2.05 bits per heavy atom. The summed E-state index contributed by atoms with van der Waals surface area (Å²) < 4.78 is 0. The van der Waals surface area contributed by atoms with E-state index in [0.717, 1.165) is 37.7 Å². The molecule has 2 N–H and O–H groups in total. The third-order valence-electron chi connectivity index (χ3n) is 6.38. The Labute approximate surface area is 132 Å². The summed E-state index contributed by atoms with van der Waals surface area (Å²) in [5.41, 5.74) is 2.51. The van der Waals surface area contributed by atoms with E-state index >= 15 is 0 Å². The summed E-state index contributed by atoms with van der Waals surface area (Å²) in [5, 5.41) is 20.5. The zero-order valence-corrected chi connectivity index (χ0v) is 13.8. The molecule has 0 spiro atoms. The number of hydrogen-bond donors (Lipinski definition) is 2. The Bertz CT molecular complexity index is 621. The summed E-state index contributed by atoms with van der Waals surface area (Å²) in [6.07, 6.45) is 5.00. The minimum absolute atomic E-state index is 0.0177. The van der Waals surface area contributed by atoms with E-state index in [9.17, 15) is 15.0 Å². The molecule has 0 radical (unpaired) electrons. The molecule has 3 heteroatoms. The largest absolute Gasteiger partial charge is 0.507 e. The lowest BCUT2D eigenvalue weighted by Gasteiger charge is -2.55. The fourth-order valence-corrected chi connectivity index (χ4v) is 5.15. The summed E-state index contributed by atoms with van der Waals surface area (Å²) in [6.45, 7) is 6.19. The van der Waals surface area contributed by atoms with E-state index in [0.29, 0.717) is 11.5 Å². The number of carbonyl (C=O) groups excluding carboxylic acids is 1. The van der Waals surface area contributed by atoms with Gasteiger partial charge in [-0.3, -0.25) is 4.79 Å². The molecule has 1 fully saturated rings. The van der Waals surface area contributed by atoms with Crippen LogP contribution in [0.5, 0.6) is 5.75 Å². The SMILES string of the molecule is CC(=O)c1ccc2c(c1O)CCC1[C@@](C)(CO)CCC[C@]21C. The minimum Gasteiger partial charge on any atom is -0.507 e. The Morgan fingerprint density at radius 1 is 1.32 bits per heavy atom. The number of benzene rings is 1. The molecule has 3 rings (SSSR count). The molecule has 120 valence electrons. The number of aliphatic hydroxyl groups excluding tert-OH is 1. The van der Waals surface area contributed by atoms with Crippen LogP contribution >= 0.6 is 0 Å². The number of ketones is 1. The highest BCUT2D eigenvalue weighted by Gasteiger charge is 2.51. The van der Waals surface area contributed by atoms with Crippen molar-refractivity contribution in [1.82, 2.24) is 0 Å². The van der Waals surface area contributed by atoms with Crippen molar-refractivity contribution in [3.63, 3.8) is 0 Å². The first-order valence-corrected chi connectivity index (χ1v) is 8.30. The first-order chi connectivity index (χ1) is 10.3. The van der Waals surface area contributed by atoms with Crippen molar-refractivity contribution < 1.29 is 15.0 Å². The van der Waals surface area contributed by atoms with E-state index in [1.165, 1.54) is 12.5 Å². The number of aliphatic hydroxyl groups is 1. The molecule has 0 amide bonds. The number of fused-ring (bicyclic) bond motifs is 3. The predicted molar refractivity (Wildman–Crippen MR) is 86.3 cm³/mol. The molecule has 1 unspecified atom stereocenters. The molecule has 3 nitrogen and oxygen atoms in total. The molecule has 0 heterocycles. The van der Waals surface area contributed by atoms with E-state index in [4.69, 9.17) is 0 Å². The molecule has 1 aromatic carbocycles. The van der Waals surface area contributed by atoms with Crippen molar-refractivity contribution in [2.45, 2.75) is 58.3 Å². The van der Waals surface area contributed by atoms with Gasteiger partial charge >= 0.3 is 0 Å². The van der Waals surface area contributed by atoms with Crippen LogP contribution < -0.4 is 0 Å². The normalized spacial score (nSPS) is 33.9. The molecular weight excluding hydrogens is 276 g/mol. The van der Waals surface area contributed by atoms with E-state index in [2.05, 4.69) is 13.8 Å². The second-order valence-corrected chi connectivity index (χ2v) is 7.72. The number of hydrogen-bond acceptors (Lipinski definition) is 3. The fraction of sp³-hybridized carbons (Fsp3) is 0.632. The quantitative estimate of drug-likeness (QED) is 0.821. The Kier molecular flexibility index (Phi) is 3.59. The van der Waals surface area contributed by atoms with Crippen molar-refractivity contribution in [3.8, 4) is 5.75 Å². The number of rotatable bonds is 2. The van der Waals surface area contributed by atoms with Gasteiger partial charge in [0.25, 0.3) is 0 Å². The third kappa shape index (κ3) is 2.02. The lowest BCUT2D eigenvalue weighted by Crippen LogP contribution is -2.50. The first-order valence-electron chi connectivity index (χ1n) is 8.30. The maximum Gasteiger partial charge on any atom is 0.163 e. The van der Waals surface area contributed by atoms with Crippen LogP contribution in [0, 0.1) is 11.3 Å². The highest BCUT2D eigenvalue weighted by atomic mass is 16.3.